The van der Waals surface area contributed by atoms with Crippen LogP contribution in [-0.2, 0) is 9.59 Å². The average molecular weight is 410 g/mol. The number of aryl methyl sites for hydroxylation is 2. The Morgan fingerprint density at radius 2 is 2.03 bits per heavy atom. The molecule has 30 heavy (non-hydrogen) atoms. The molecule has 10 heteroatoms. The maximum absolute atomic E-state index is 13.0. The highest BCUT2D eigenvalue weighted by molar-refractivity contribution is 6.51. The number of carbonyl (C=O) groups is 3. The Kier molecular flexibility index (Phi) is 4.34. The van der Waals surface area contributed by atoms with Gasteiger partial charge in [0.1, 0.15) is 29.0 Å². The maximum Gasteiger partial charge on any atom is 0.301 e. The van der Waals surface area contributed by atoms with E-state index in [2.05, 4.69) is 10.1 Å². The normalized spacial score (nSPS) is 18.4. The summed E-state index contributed by atoms with van der Waals surface area (Å²) in [6.07, 6.45) is 1.39. The monoisotopic (exact) mass is 410 g/mol. The number of carbonyl (C=O) groups excluding carboxylic acids is 3. The molecule has 0 saturated carbocycles. The number of amides is 2. The molecule has 4 rings (SSSR count). The van der Waals surface area contributed by atoms with Gasteiger partial charge in [0.15, 0.2) is 5.82 Å². The standard InChI is InChI=1S/C20H18N4O6/c1-8-7-12(23-30-8)24-16(11-5-4-6-29-11)14(18(26)20(24)28)17(25)13-9(2)15(19(21)27)22-10(13)3/h4-7,16,22,25H,1-3H3,(H2,21,27)/b17-14+. The molecule has 3 aromatic heterocycles. The van der Waals surface area contributed by atoms with Crippen LogP contribution in [0.5, 0.6) is 0 Å². The molecule has 2 amide bonds. The van der Waals surface area contributed by atoms with E-state index in [9.17, 15) is 19.5 Å². The minimum absolute atomic E-state index is 0.102. The molecule has 4 heterocycles. The number of H-pyrrole nitrogens is 1. The van der Waals surface area contributed by atoms with Crippen LogP contribution in [0.15, 0.2) is 39.0 Å². The van der Waals surface area contributed by atoms with Crippen LogP contribution in [0.3, 0.4) is 0 Å². The van der Waals surface area contributed by atoms with Gasteiger partial charge in [0.05, 0.1) is 11.8 Å². The number of aliphatic hydroxyl groups excluding tert-OH is 1. The number of Topliss-reactive ketones (excluding diaryl/α,β-unsaturated/α-hetero) is 1. The molecule has 3 aromatic rings. The van der Waals surface area contributed by atoms with Gasteiger partial charge in [-0.05, 0) is 38.5 Å². The fourth-order valence-electron chi connectivity index (χ4n) is 3.74. The molecule has 1 saturated heterocycles. The van der Waals surface area contributed by atoms with Gasteiger partial charge in [0.25, 0.3) is 11.7 Å². The van der Waals surface area contributed by atoms with Crippen molar-refractivity contribution in [3.63, 3.8) is 0 Å². The molecule has 0 radical (unpaired) electrons. The number of rotatable bonds is 4. The van der Waals surface area contributed by atoms with Gasteiger partial charge in [-0.3, -0.25) is 19.3 Å². The van der Waals surface area contributed by atoms with Crippen molar-refractivity contribution in [2.24, 2.45) is 5.73 Å². The summed E-state index contributed by atoms with van der Waals surface area (Å²) in [4.78, 5) is 41.4. The van der Waals surface area contributed by atoms with E-state index in [0.29, 0.717) is 17.0 Å². The number of aromatic nitrogens is 2. The summed E-state index contributed by atoms with van der Waals surface area (Å²) < 4.78 is 10.5. The van der Waals surface area contributed by atoms with E-state index in [-0.39, 0.29) is 28.4 Å². The lowest BCUT2D eigenvalue weighted by Gasteiger charge is -2.20. The first kappa shape index (κ1) is 19.2. The quantitative estimate of drug-likeness (QED) is 0.338. The molecule has 0 bridgehead atoms. The molecule has 154 valence electrons. The molecule has 1 atom stereocenters. The Balaban J connectivity index is 1.97. The van der Waals surface area contributed by atoms with Gasteiger partial charge in [-0.2, -0.15) is 0 Å². The zero-order chi connectivity index (χ0) is 21.7. The van der Waals surface area contributed by atoms with Crippen molar-refractivity contribution in [1.82, 2.24) is 10.1 Å². The molecular weight excluding hydrogens is 392 g/mol. The van der Waals surface area contributed by atoms with Crippen LogP contribution < -0.4 is 10.6 Å². The number of hydrogen-bond donors (Lipinski definition) is 3. The summed E-state index contributed by atoms with van der Waals surface area (Å²) in [5.41, 5.74) is 6.27. The van der Waals surface area contributed by atoms with Gasteiger partial charge in [-0.1, -0.05) is 5.16 Å². The first-order chi connectivity index (χ1) is 14.2. The maximum atomic E-state index is 13.0. The third-order valence-corrected chi connectivity index (χ3v) is 5.04. The van der Waals surface area contributed by atoms with E-state index < -0.39 is 29.4 Å². The number of hydrogen-bond acceptors (Lipinski definition) is 7. The molecule has 0 spiro atoms. The molecule has 10 nitrogen and oxygen atoms in total. The Bertz CT molecular complexity index is 1210. The van der Waals surface area contributed by atoms with E-state index in [1.54, 1.807) is 32.9 Å². The number of primary amides is 1. The highest BCUT2D eigenvalue weighted by Gasteiger charge is 2.49. The third kappa shape index (κ3) is 2.72. The Labute approximate surface area is 169 Å². The minimum atomic E-state index is -1.07. The fraction of sp³-hybridized carbons (Fsp3) is 0.200. The van der Waals surface area contributed by atoms with Crippen molar-refractivity contribution in [1.29, 1.82) is 0 Å². The second-order valence-corrected chi connectivity index (χ2v) is 6.97. The van der Waals surface area contributed by atoms with Crippen molar-refractivity contribution in [3.05, 3.63) is 64.1 Å². The molecular formula is C20H18N4O6. The molecule has 0 aromatic carbocycles. The number of aliphatic hydroxyl groups is 1. The van der Waals surface area contributed by atoms with Crippen LogP contribution in [0.1, 0.15) is 44.9 Å². The summed E-state index contributed by atoms with van der Waals surface area (Å²) in [5.74, 6) is -2.18. The number of aromatic amines is 1. The predicted molar refractivity (Wildman–Crippen MR) is 104 cm³/mol. The molecule has 1 unspecified atom stereocenters. The fourth-order valence-corrected chi connectivity index (χ4v) is 3.74. The van der Waals surface area contributed by atoms with Crippen LogP contribution in [0, 0.1) is 20.8 Å². The topological polar surface area (TPSA) is 156 Å². The van der Waals surface area contributed by atoms with Gasteiger partial charge < -0.3 is 24.8 Å². The van der Waals surface area contributed by atoms with Gasteiger partial charge in [-0.25, -0.2) is 0 Å². The molecule has 0 aliphatic carbocycles. The highest BCUT2D eigenvalue weighted by Crippen LogP contribution is 2.43. The van der Waals surface area contributed by atoms with Crippen LogP contribution in [-0.4, -0.2) is 32.8 Å². The minimum Gasteiger partial charge on any atom is -0.507 e. The number of nitrogens with two attached hydrogens (primary N) is 1. The lowest BCUT2D eigenvalue weighted by atomic mass is 9.97. The van der Waals surface area contributed by atoms with E-state index in [1.165, 1.54) is 12.3 Å². The molecule has 1 aliphatic heterocycles. The van der Waals surface area contributed by atoms with Crippen LogP contribution in [0.2, 0.25) is 0 Å². The van der Waals surface area contributed by atoms with Crippen LogP contribution in [0.4, 0.5) is 5.82 Å². The van der Waals surface area contributed by atoms with Crippen molar-refractivity contribution >= 4 is 29.2 Å². The zero-order valence-corrected chi connectivity index (χ0v) is 16.3. The van der Waals surface area contributed by atoms with E-state index in [0.717, 1.165) is 4.90 Å². The summed E-state index contributed by atoms with van der Waals surface area (Å²) in [5, 5.41) is 15.0. The van der Waals surface area contributed by atoms with Crippen LogP contribution in [0.25, 0.3) is 5.76 Å². The largest absolute Gasteiger partial charge is 0.507 e. The molecule has 1 fully saturated rings. The summed E-state index contributed by atoms with van der Waals surface area (Å²) in [6, 6.07) is 3.60. The number of ketones is 1. The van der Waals surface area contributed by atoms with E-state index in [4.69, 9.17) is 14.7 Å². The lowest BCUT2D eigenvalue weighted by Crippen LogP contribution is -2.29. The van der Waals surface area contributed by atoms with E-state index >= 15 is 0 Å². The average Bonchev–Trinajstić information content (AvgIpc) is 3.44. The summed E-state index contributed by atoms with van der Waals surface area (Å²) >= 11 is 0. The van der Waals surface area contributed by atoms with Gasteiger partial charge in [0.2, 0.25) is 0 Å². The number of nitrogens with zero attached hydrogens (tertiary/aromatic N) is 2. The second kappa shape index (κ2) is 6.76. The molecule has 1 aliphatic rings. The predicted octanol–water partition coefficient (Wildman–Crippen LogP) is 2.25. The Morgan fingerprint density at radius 3 is 2.57 bits per heavy atom. The second-order valence-electron chi connectivity index (χ2n) is 6.97. The smallest absolute Gasteiger partial charge is 0.301 e. The van der Waals surface area contributed by atoms with Gasteiger partial charge in [-0.15, -0.1) is 0 Å². The van der Waals surface area contributed by atoms with Crippen molar-refractivity contribution in [2.75, 3.05) is 4.90 Å². The first-order valence-corrected chi connectivity index (χ1v) is 8.99. The van der Waals surface area contributed by atoms with Gasteiger partial charge >= 0.3 is 5.91 Å². The van der Waals surface area contributed by atoms with Gasteiger partial charge in [0, 0.05) is 17.3 Å². The summed E-state index contributed by atoms with van der Waals surface area (Å²) in [7, 11) is 0. The summed E-state index contributed by atoms with van der Waals surface area (Å²) in [6.45, 7) is 4.85. The Hall–Kier alpha value is -4.08. The number of furan rings is 1. The molecule has 4 N–H and O–H groups in total. The first-order valence-electron chi connectivity index (χ1n) is 8.99. The van der Waals surface area contributed by atoms with Crippen LogP contribution >= 0.6 is 0 Å². The van der Waals surface area contributed by atoms with E-state index in [1.807, 2.05) is 0 Å². The number of anilines is 1. The Morgan fingerprint density at radius 1 is 1.30 bits per heavy atom. The van der Waals surface area contributed by atoms with Crippen molar-refractivity contribution in [2.45, 2.75) is 26.8 Å². The highest BCUT2D eigenvalue weighted by atomic mass is 16.5. The SMILES string of the molecule is Cc1cc(N2C(=O)C(=O)/C(=C(/O)c3c(C)[nH]c(C(N)=O)c3C)C2c2ccco2)no1. The van der Waals surface area contributed by atoms with Crippen molar-refractivity contribution in [3.8, 4) is 0 Å². The third-order valence-electron chi connectivity index (χ3n) is 5.04. The zero-order valence-electron chi connectivity index (χ0n) is 16.3. The van der Waals surface area contributed by atoms with Crippen molar-refractivity contribution < 1.29 is 28.4 Å². The number of nitrogens with one attached hydrogen (secondary N) is 1. The lowest BCUT2D eigenvalue weighted by molar-refractivity contribution is -0.132.